The maximum Gasteiger partial charge on any atom is 0.257 e. The summed E-state index contributed by atoms with van der Waals surface area (Å²) in [6.07, 6.45) is 1.19. The molecule has 6 heteroatoms. The molecule has 2 saturated heterocycles. The third kappa shape index (κ3) is 2.41. The minimum absolute atomic E-state index is 0.641. The van der Waals surface area contributed by atoms with E-state index in [1.54, 1.807) is 11.3 Å². The van der Waals surface area contributed by atoms with E-state index in [-0.39, 0.29) is 0 Å². The molecular weight excluding hydrogens is 284 g/mol. The Hall–Kier alpha value is -1.24. The van der Waals surface area contributed by atoms with Crippen molar-refractivity contribution in [3.63, 3.8) is 0 Å². The maximum absolute atomic E-state index is 5.84. The second-order valence-corrected chi connectivity index (χ2v) is 6.91. The highest BCUT2D eigenvalue weighted by atomic mass is 32.1. The molecule has 4 rings (SSSR count). The fraction of sp³-hybridized carbons (Fsp3) is 0.600. The van der Waals surface area contributed by atoms with Gasteiger partial charge in [0, 0.05) is 12.6 Å². The van der Waals surface area contributed by atoms with E-state index >= 15 is 0 Å². The van der Waals surface area contributed by atoms with Gasteiger partial charge in [0.2, 0.25) is 5.89 Å². The number of hydrogen-bond acceptors (Lipinski definition) is 6. The summed E-state index contributed by atoms with van der Waals surface area (Å²) in [5.41, 5.74) is 0. The Morgan fingerprint density at radius 3 is 3.19 bits per heavy atom. The molecular formula is C15H20N4OS. The first-order valence-electron chi connectivity index (χ1n) is 7.66. The Morgan fingerprint density at radius 1 is 1.43 bits per heavy atom. The lowest BCUT2D eigenvalue weighted by atomic mass is 9.93. The van der Waals surface area contributed by atoms with Gasteiger partial charge in [0.25, 0.3) is 5.89 Å². The Bertz CT molecular complexity index is 597. The van der Waals surface area contributed by atoms with Gasteiger partial charge < -0.3 is 9.73 Å². The molecule has 2 aromatic rings. The molecule has 0 spiro atoms. The normalized spacial score (nSPS) is 29.1. The van der Waals surface area contributed by atoms with Crippen LogP contribution in [-0.2, 0) is 6.54 Å². The van der Waals surface area contributed by atoms with Crippen LogP contribution in [0.15, 0.2) is 21.9 Å². The largest absolute Gasteiger partial charge is 0.419 e. The van der Waals surface area contributed by atoms with Crippen LogP contribution in [0.3, 0.4) is 0 Å². The Kier molecular flexibility index (Phi) is 3.52. The molecule has 0 radical (unpaired) electrons. The first kappa shape index (κ1) is 13.4. The average molecular weight is 304 g/mol. The van der Waals surface area contributed by atoms with E-state index in [4.69, 9.17) is 4.42 Å². The Labute approximate surface area is 128 Å². The first-order valence-corrected chi connectivity index (χ1v) is 8.54. The van der Waals surface area contributed by atoms with Crippen molar-refractivity contribution in [2.24, 2.45) is 11.8 Å². The van der Waals surface area contributed by atoms with Crippen LogP contribution in [0.1, 0.15) is 19.2 Å². The van der Waals surface area contributed by atoms with Crippen LogP contribution < -0.4 is 5.32 Å². The zero-order valence-corrected chi connectivity index (χ0v) is 13.0. The summed E-state index contributed by atoms with van der Waals surface area (Å²) in [5.74, 6) is 2.96. The molecule has 3 atom stereocenters. The van der Waals surface area contributed by atoms with Gasteiger partial charge in [-0.2, -0.15) is 0 Å². The van der Waals surface area contributed by atoms with E-state index in [2.05, 4.69) is 27.3 Å². The Balaban J connectivity index is 1.48. The maximum atomic E-state index is 5.84. The summed E-state index contributed by atoms with van der Waals surface area (Å²) >= 11 is 1.63. The zero-order chi connectivity index (χ0) is 14.2. The molecule has 2 aliphatic heterocycles. The van der Waals surface area contributed by atoms with E-state index in [9.17, 15) is 0 Å². The highest BCUT2D eigenvalue weighted by Crippen LogP contribution is 2.35. The minimum atomic E-state index is 0.641. The van der Waals surface area contributed by atoms with Crippen molar-refractivity contribution < 1.29 is 4.42 Å². The summed E-state index contributed by atoms with van der Waals surface area (Å²) in [4.78, 5) is 3.57. The van der Waals surface area contributed by atoms with E-state index in [1.807, 2.05) is 17.5 Å². The van der Waals surface area contributed by atoms with E-state index in [0.29, 0.717) is 11.9 Å². The third-order valence-corrected chi connectivity index (χ3v) is 5.64. The van der Waals surface area contributed by atoms with Crippen molar-refractivity contribution in [2.75, 3.05) is 19.6 Å². The fourth-order valence-electron chi connectivity index (χ4n) is 3.84. The highest BCUT2D eigenvalue weighted by molar-refractivity contribution is 7.13. The second-order valence-electron chi connectivity index (χ2n) is 5.97. The molecule has 4 heterocycles. The summed E-state index contributed by atoms with van der Waals surface area (Å²) in [7, 11) is 0. The lowest BCUT2D eigenvalue weighted by molar-refractivity contribution is 0.192. The van der Waals surface area contributed by atoms with Crippen LogP contribution in [0.5, 0.6) is 0 Å². The average Bonchev–Trinajstić information content (AvgIpc) is 3.23. The summed E-state index contributed by atoms with van der Waals surface area (Å²) < 4.78 is 5.84. The smallest absolute Gasteiger partial charge is 0.257 e. The minimum Gasteiger partial charge on any atom is -0.419 e. The lowest BCUT2D eigenvalue weighted by Gasteiger charge is -2.25. The second kappa shape index (κ2) is 5.51. The number of nitrogens with one attached hydrogen (secondary N) is 1. The van der Waals surface area contributed by atoms with Crippen molar-refractivity contribution in [2.45, 2.75) is 25.9 Å². The number of hydrogen-bond donors (Lipinski definition) is 1. The van der Waals surface area contributed by atoms with E-state index in [0.717, 1.165) is 48.8 Å². The van der Waals surface area contributed by atoms with E-state index < -0.39 is 0 Å². The van der Waals surface area contributed by atoms with Crippen molar-refractivity contribution >= 4 is 11.3 Å². The zero-order valence-electron chi connectivity index (χ0n) is 12.2. The molecule has 0 aromatic carbocycles. The van der Waals surface area contributed by atoms with Crippen LogP contribution in [-0.4, -0.2) is 40.8 Å². The van der Waals surface area contributed by atoms with E-state index in [1.165, 1.54) is 6.42 Å². The van der Waals surface area contributed by atoms with Crippen molar-refractivity contribution in [1.29, 1.82) is 0 Å². The predicted octanol–water partition coefficient (Wildman–Crippen LogP) is 2.23. The number of nitrogens with zero attached hydrogens (tertiary/aromatic N) is 3. The van der Waals surface area contributed by atoms with Gasteiger partial charge in [0.15, 0.2) is 0 Å². The number of likely N-dealkylation sites (tertiary alicyclic amines) is 1. The Morgan fingerprint density at radius 2 is 2.38 bits per heavy atom. The van der Waals surface area contributed by atoms with Crippen molar-refractivity contribution in [3.05, 3.63) is 23.4 Å². The number of thiophene rings is 1. The van der Waals surface area contributed by atoms with Crippen molar-refractivity contribution in [3.8, 4) is 10.8 Å². The monoisotopic (exact) mass is 304 g/mol. The molecule has 2 fully saturated rings. The molecule has 0 amide bonds. The number of fused-ring (bicyclic) bond motifs is 1. The molecule has 0 bridgehead atoms. The van der Waals surface area contributed by atoms with Gasteiger partial charge in [-0.25, -0.2) is 0 Å². The van der Waals surface area contributed by atoms with Gasteiger partial charge >= 0.3 is 0 Å². The van der Waals surface area contributed by atoms with Crippen LogP contribution in [0, 0.1) is 11.8 Å². The molecule has 112 valence electrons. The van der Waals surface area contributed by atoms with Gasteiger partial charge in [0.1, 0.15) is 0 Å². The van der Waals surface area contributed by atoms with Crippen LogP contribution >= 0.6 is 11.3 Å². The molecule has 1 N–H and O–H groups in total. The predicted molar refractivity (Wildman–Crippen MR) is 81.9 cm³/mol. The van der Waals surface area contributed by atoms with Gasteiger partial charge in [-0.05, 0) is 42.8 Å². The third-order valence-electron chi connectivity index (χ3n) is 4.78. The number of rotatable bonds is 4. The molecule has 2 aromatic heterocycles. The molecule has 0 saturated carbocycles. The topological polar surface area (TPSA) is 54.2 Å². The van der Waals surface area contributed by atoms with Gasteiger partial charge in [-0.15, -0.1) is 21.5 Å². The summed E-state index contributed by atoms with van der Waals surface area (Å²) in [6, 6.07) is 4.66. The fourth-order valence-corrected chi connectivity index (χ4v) is 4.49. The van der Waals surface area contributed by atoms with Crippen LogP contribution in [0.2, 0.25) is 0 Å². The standard InChI is InChI=1S/C15H20N4OS/c1-2-12-11-7-16-6-10(11)8-19(12)9-14-17-18-15(20-14)13-4-3-5-21-13/h3-5,10-12,16H,2,6-9H2,1H3. The number of aromatic nitrogens is 2. The van der Waals surface area contributed by atoms with Crippen LogP contribution in [0.4, 0.5) is 0 Å². The molecule has 2 aliphatic rings. The first-order chi connectivity index (χ1) is 10.3. The van der Waals surface area contributed by atoms with Gasteiger partial charge in [0.05, 0.1) is 11.4 Å². The molecule has 3 unspecified atom stereocenters. The van der Waals surface area contributed by atoms with Gasteiger partial charge in [-0.3, -0.25) is 4.90 Å². The van der Waals surface area contributed by atoms with Gasteiger partial charge in [-0.1, -0.05) is 13.0 Å². The quantitative estimate of drug-likeness (QED) is 0.939. The molecule has 21 heavy (non-hydrogen) atoms. The summed E-state index contributed by atoms with van der Waals surface area (Å²) in [6.45, 7) is 6.52. The van der Waals surface area contributed by atoms with Crippen LogP contribution in [0.25, 0.3) is 10.8 Å². The highest BCUT2D eigenvalue weighted by Gasteiger charge is 2.43. The lowest BCUT2D eigenvalue weighted by Crippen LogP contribution is -2.34. The van der Waals surface area contributed by atoms with Crippen molar-refractivity contribution in [1.82, 2.24) is 20.4 Å². The molecule has 0 aliphatic carbocycles. The summed E-state index contributed by atoms with van der Waals surface area (Å²) in [5, 5.41) is 14.0. The molecule has 5 nitrogen and oxygen atoms in total. The SMILES string of the molecule is CCC1C2CNCC2CN1Cc1nnc(-c2cccs2)o1.